The monoisotopic (exact) mass is 572 g/mol. The van der Waals surface area contributed by atoms with Gasteiger partial charge in [0.2, 0.25) is 5.52 Å². The Bertz CT molecular complexity index is 1920. The summed E-state index contributed by atoms with van der Waals surface area (Å²) in [5, 5.41) is 9.09. The lowest BCUT2D eigenvalue weighted by molar-refractivity contribution is -0.548. The predicted molar refractivity (Wildman–Crippen MR) is 155 cm³/mol. The minimum absolute atomic E-state index is 0.0478. The second kappa shape index (κ2) is 11.4. The molecule has 212 valence electrons. The van der Waals surface area contributed by atoms with Crippen LogP contribution in [0.1, 0.15) is 23.2 Å². The first-order valence-electron chi connectivity index (χ1n) is 13.6. The minimum atomic E-state index is -6.00. The van der Waals surface area contributed by atoms with E-state index in [2.05, 4.69) is 42.5 Å². The van der Waals surface area contributed by atoms with Crippen molar-refractivity contribution in [1.29, 1.82) is 0 Å². The van der Waals surface area contributed by atoms with Crippen LogP contribution < -0.4 is 4.52 Å². The molecule has 0 bridgehead atoms. The van der Waals surface area contributed by atoms with Crippen LogP contribution in [-0.2, 0) is 9.47 Å². The van der Waals surface area contributed by atoms with E-state index in [0.717, 1.165) is 68.7 Å². The Labute approximate surface area is 238 Å². The summed E-state index contributed by atoms with van der Waals surface area (Å²) < 4.78 is 52.6. The van der Waals surface area contributed by atoms with Gasteiger partial charge in [0, 0.05) is 34.1 Å². The lowest BCUT2D eigenvalue weighted by Gasteiger charge is -2.13. The van der Waals surface area contributed by atoms with Crippen molar-refractivity contribution >= 4 is 51.3 Å². The van der Waals surface area contributed by atoms with Gasteiger partial charge in [0.15, 0.2) is 0 Å². The molecule has 1 aliphatic heterocycles. The zero-order valence-electron chi connectivity index (χ0n) is 22.4. The Kier molecular flexibility index (Phi) is 7.47. The van der Waals surface area contributed by atoms with Crippen molar-refractivity contribution in [1.82, 2.24) is 5.10 Å². The summed E-state index contributed by atoms with van der Waals surface area (Å²) in [6.07, 6.45) is 1.86. The van der Waals surface area contributed by atoms with E-state index in [1.54, 1.807) is 0 Å². The lowest BCUT2D eigenvalue weighted by Crippen LogP contribution is -2.31. The largest absolute Gasteiger partial charge is 0.673 e. The minimum Gasteiger partial charge on any atom is -0.459 e. The maximum atomic E-state index is 13.9. The molecule has 3 heterocycles. The number of hydrogen-bond donors (Lipinski definition) is 0. The molecular weight excluding hydrogens is 547 g/mol. The number of rotatable bonds is 4. The van der Waals surface area contributed by atoms with Gasteiger partial charge in [-0.1, -0.05) is 78.9 Å². The highest BCUT2D eigenvalue weighted by Crippen LogP contribution is 2.34. The molecule has 6 aromatic rings. The molecule has 0 aliphatic carbocycles. The number of hydrogen-bond acceptors (Lipinski definition) is 4. The molecule has 1 fully saturated rings. The summed E-state index contributed by atoms with van der Waals surface area (Å²) in [4.78, 5) is 13.9. The van der Waals surface area contributed by atoms with Crippen LogP contribution in [0.3, 0.4) is 0 Å². The molecular formula is C32H25BF4N2O3. The molecule has 5 nitrogen and oxygen atoms in total. The van der Waals surface area contributed by atoms with Crippen LogP contribution in [0.5, 0.6) is 0 Å². The Hall–Kier alpha value is -4.57. The third-order valence-corrected chi connectivity index (χ3v) is 7.27. The lowest BCUT2D eigenvalue weighted by atomic mass is 9.97. The Morgan fingerprint density at radius 1 is 0.833 bits per heavy atom. The molecule has 42 heavy (non-hydrogen) atoms. The molecule has 4 aromatic carbocycles. The van der Waals surface area contributed by atoms with Crippen LogP contribution in [0.25, 0.3) is 49.2 Å². The number of esters is 1. The smallest absolute Gasteiger partial charge is 0.459 e. The number of pyridine rings is 1. The van der Waals surface area contributed by atoms with Crippen molar-refractivity contribution in [2.24, 2.45) is 0 Å². The maximum Gasteiger partial charge on any atom is 0.673 e. The number of fused-ring (bicyclic) bond motifs is 7. The number of para-hydroxylation sites is 1. The van der Waals surface area contributed by atoms with Gasteiger partial charge in [0.1, 0.15) is 17.7 Å². The average molecular weight is 572 g/mol. The second-order valence-electron chi connectivity index (χ2n) is 9.99. The van der Waals surface area contributed by atoms with Crippen molar-refractivity contribution in [2.45, 2.75) is 18.9 Å². The molecule has 0 saturated carbocycles. The topological polar surface area (TPSA) is 52.5 Å². The molecule has 0 amide bonds. The molecule has 0 radical (unpaired) electrons. The standard InChI is InChI=1S/C32H25N2O3.BF4/c35-32(37-20-22-12-9-19-36-22)29-27-17-8-16-23(21-10-2-1-3-11-21)30(27)33-34-28-18-7-6-14-25(28)24-13-4-5-15-26(24)31(29)34;2-1(3,4)5/h1-8,10-11,13-18,22H,9,12,19-20H2;/q+1;-1. The van der Waals surface area contributed by atoms with Gasteiger partial charge in [-0.2, -0.15) is 0 Å². The van der Waals surface area contributed by atoms with E-state index in [1.807, 2.05) is 59.1 Å². The normalized spacial score (nSPS) is 15.2. The van der Waals surface area contributed by atoms with E-state index in [4.69, 9.17) is 14.6 Å². The number of benzene rings is 4. The molecule has 1 atom stereocenters. The highest BCUT2D eigenvalue weighted by Gasteiger charge is 2.30. The Morgan fingerprint density at radius 3 is 2.19 bits per heavy atom. The van der Waals surface area contributed by atoms with Crippen molar-refractivity contribution in [3.63, 3.8) is 0 Å². The van der Waals surface area contributed by atoms with E-state index in [9.17, 15) is 22.1 Å². The Balaban J connectivity index is 0.000000585. The number of ether oxygens (including phenoxy) is 2. The van der Waals surface area contributed by atoms with Crippen molar-refractivity contribution in [2.75, 3.05) is 13.2 Å². The molecule has 0 N–H and O–H groups in total. The van der Waals surface area contributed by atoms with Gasteiger partial charge in [0.05, 0.1) is 16.9 Å². The van der Waals surface area contributed by atoms with Crippen LogP contribution >= 0.6 is 0 Å². The van der Waals surface area contributed by atoms with Gasteiger partial charge in [-0.15, -0.1) is 0 Å². The van der Waals surface area contributed by atoms with Gasteiger partial charge in [-0.3, -0.25) is 0 Å². The fourth-order valence-corrected chi connectivity index (χ4v) is 5.54. The first kappa shape index (κ1) is 27.6. The van der Waals surface area contributed by atoms with E-state index in [-0.39, 0.29) is 18.7 Å². The van der Waals surface area contributed by atoms with Gasteiger partial charge in [-0.05, 0) is 35.1 Å². The number of nitrogens with zero attached hydrogens (tertiary/aromatic N) is 2. The molecule has 1 unspecified atom stereocenters. The predicted octanol–water partition coefficient (Wildman–Crippen LogP) is 7.58. The number of carbonyl (C=O) groups is 1. The third kappa shape index (κ3) is 5.50. The van der Waals surface area contributed by atoms with E-state index in [0.29, 0.717) is 5.56 Å². The zero-order valence-corrected chi connectivity index (χ0v) is 22.4. The van der Waals surface area contributed by atoms with E-state index in [1.165, 1.54) is 0 Å². The quantitative estimate of drug-likeness (QED) is 0.0546. The molecule has 2 aromatic heterocycles. The van der Waals surface area contributed by atoms with E-state index < -0.39 is 7.25 Å². The van der Waals surface area contributed by atoms with Gasteiger partial charge >= 0.3 is 13.2 Å². The summed E-state index contributed by atoms with van der Waals surface area (Å²) in [7, 11) is -6.00. The van der Waals surface area contributed by atoms with Crippen molar-refractivity contribution in [3.05, 3.63) is 103 Å². The highest BCUT2D eigenvalue weighted by atomic mass is 19.5. The van der Waals surface area contributed by atoms with E-state index >= 15 is 0 Å². The summed E-state index contributed by atoms with van der Waals surface area (Å²) in [6.45, 7) is 0.967. The van der Waals surface area contributed by atoms with Crippen molar-refractivity contribution in [3.8, 4) is 11.1 Å². The van der Waals surface area contributed by atoms with Crippen LogP contribution in [0.2, 0.25) is 0 Å². The fourth-order valence-electron chi connectivity index (χ4n) is 5.54. The number of halogens is 4. The third-order valence-electron chi connectivity index (χ3n) is 7.27. The first-order chi connectivity index (χ1) is 20.3. The molecule has 0 spiro atoms. The molecule has 1 aliphatic rings. The van der Waals surface area contributed by atoms with Crippen LogP contribution in [0, 0.1) is 0 Å². The van der Waals surface area contributed by atoms with Crippen molar-refractivity contribution < 1.29 is 36.0 Å². The first-order valence-corrected chi connectivity index (χ1v) is 13.6. The number of aromatic nitrogens is 2. The van der Waals surface area contributed by atoms with Crippen LogP contribution in [0.4, 0.5) is 17.3 Å². The molecule has 7 rings (SSSR count). The highest BCUT2D eigenvalue weighted by molar-refractivity contribution is 6.50. The van der Waals surface area contributed by atoms with Crippen LogP contribution in [-0.4, -0.2) is 37.6 Å². The zero-order chi connectivity index (χ0) is 29.3. The maximum absolute atomic E-state index is 13.9. The fraction of sp³-hybridized carbons (Fsp3) is 0.156. The average Bonchev–Trinajstić information content (AvgIpc) is 3.52. The molecule has 10 heteroatoms. The number of carbonyl (C=O) groups excluding carboxylic acids is 1. The van der Waals surface area contributed by atoms with Gasteiger partial charge in [0.25, 0.3) is 5.52 Å². The summed E-state index contributed by atoms with van der Waals surface area (Å²) in [5.74, 6) is -0.356. The summed E-state index contributed by atoms with van der Waals surface area (Å²) >= 11 is 0. The van der Waals surface area contributed by atoms with Gasteiger partial charge < -0.3 is 26.7 Å². The Morgan fingerprint density at radius 2 is 1.48 bits per heavy atom. The SMILES string of the molecule is F[B-](F)(F)F.O=C(OCC1CCCO1)c1c2cccc(-c3ccccc3)c2n[n+]2c3ccccc3c3ccccc3c12. The van der Waals surface area contributed by atoms with Crippen LogP contribution in [0.15, 0.2) is 97.1 Å². The van der Waals surface area contributed by atoms with Gasteiger partial charge in [-0.25, -0.2) is 4.79 Å². The molecule has 1 saturated heterocycles. The summed E-state index contributed by atoms with van der Waals surface area (Å²) in [5.41, 5.74) is 5.00. The summed E-state index contributed by atoms with van der Waals surface area (Å²) in [6, 6.07) is 32.6. The second-order valence-corrected chi connectivity index (χ2v) is 9.99.